The number of hydrogen-bond acceptors (Lipinski definition) is 6. The summed E-state index contributed by atoms with van der Waals surface area (Å²) in [5.74, 6) is -0.269. The molecule has 0 spiro atoms. The van der Waals surface area contributed by atoms with Crippen molar-refractivity contribution in [3.05, 3.63) is 40.3 Å². The highest BCUT2D eigenvalue weighted by molar-refractivity contribution is 8.26. The molecule has 0 aliphatic carbocycles. The predicted octanol–water partition coefficient (Wildman–Crippen LogP) is 2.59. The van der Waals surface area contributed by atoms with Crippen LogP contribution in [0.4, 0.5) is 0 Å². The van der Waals surface area contributed by atoms with Gasteiger partial charge in [-0.3, -0.25) is 4.79 Å². The zero-order chi connectivity index (χ0) is 17.7. The van der Waals surface area contributed by atoms with Crippen molar-refractivity contribution in [1.29, 1.82) is 0 Å². The number of rotatable bonds is 6. The molecule has 1 aromatic carbocycles. The Kier molecular flexibility index (Phi) is 5.99. The van der Waals surface area contributed by atoms with Crippen molar-refractivity contribution in [2.24, 2.45) is 0 Å². The molecule has 1 amide bonds. The number of amides is 1. The van der Waals surface area contributed by atoms with Crippen molar-refractivity contribution in [3.8, 4) is 11.5 Å². The standard InChI is InChI=1S/C16H15NO5S2/c1-9(14-15(20)17-16(23)24-14)3-4-10-7-11(21-2)5-6-12(10)22-8-13(18)19/h3-7H,8H2,1-2H3,(H,18,19)(H,17,20,23). The number of benzene rings is 1. The Morgan fingerprint density at radius 2 is 2.21 bits per heavy atom. The quantitative estimate of drug-likeness (QED) is 0.592. The van der Waals surface area contributed by atoms with Crippen LogP contribution in [0.1, 0.15) is 12.5 Å². The second-order valence-corrected chi connectivity index (χ2v) is 6.46. The summed E-state index contributed by atoms with van der Waals surface area (Å²) in [5, 5.41) is 11.3. The van der Waals surface area contributed by atoms with Crippen LogP contribution in [0.15, 0.2) is 34.8 Å². The molecule has 1 aliphatic rings. The van der Waals surface area contributed by atoms with Crippen molar-refractivity contribution in [1.82, 2.24) is 5.32 Å². The van der Waals surface area contributed by atoms with Crippen molar-refractivity contribution in [2.75, 3.05) is 13.7 Å². The highest BCUT2D eigenvalue weighted by atomic mass is 32.2. The molecule has 1 heterocycles. The van der Waals surface area contributed by atoms with Gasteiger partial charge < -0.3 is 19.9 Å². The highest BCUT2D eigenvalue weighted by Crippen LogP contribution is 2.29. The van der Waals surface area contributed by atoms with E-state index in [4.69, 9.17) is 26.8 Å². The first-order chi connectivity index (χ1) is 11.4. The topological polar surface area (TPSA) is 84.9 Å². The van der Waals surface area contributed by atoms with Gasteiger partial charge >= 0.3 is 5.97 Å². The summed E-state index contributed by atoms with van der Waals surface area (Å²) in [4.78, 5) is 23.0. The summed E-state index contributed by atoms with van der Waals surface area (Å²) >= 11 is 6.17. The lowest BCUT2D eigenvalue weighted by atomic mass is 10.1. The lowest BCUT2D eigenvalue weighted by Crippen LogP contribution is -2.18. The summed E-state index contributed by atoms with van der Waals surface area (Å²) in [5.41, 5.74) is 1.38. The van der Waals surface area contributed by atoms with Gasteiger partial charge in [-0.2, -0.15) is 0 Å². The first kappa shape index (κ1) is 18.0. The second-order valence-electron chi connectivity index (χ2n) is 4.78. The third kappa shape index (κ3) is 4.59. The maximum atomic E-state index is 11.8. The van der Waals surface area contributed by atoms with E-state index < -0.39 is 12.6 Å². The van der Waals surface area contributed by atoms with E-state index in [0.29, 0.717) is 26.3 Å². The zero-order valence-electron chi connectivity index (χ0n) is 13.0. The maximum absolute atomic E-state index is 11.8. The fourth-order valence-corrected chi connectivity index (χ4v) is 2.96. The maximum Gasteiger partial charge on any atom is 0.341 e. The largest absolute Gasteiger partial charge is 0.497 e. The van der Waals surface area contributed by atoms with Gasteiger partial charge in [-0.1, -0.05) is 36.1 Å². The lowest BCUT2D eigenvalue weighted by molar-refractivity contribution is -0.139. The number of thioether (sulfide) groups is 1. The minimum atomic E-state index is -1.06. The van der Waals surface area contributed by atoms with Gasteiger partial charge in [0.25, 0.3) is 5.91 Å². The number of methoxy groups -OCH3 is 1. The number of carboxylic acids is 1. The van der Waals surface area contributed by atoms with Crippen molar-refractivity contribution in [2.45, 2.75) is 6.92 Å². The fourth-order valence-electron chi connectivity index (χ4n) is 1.92. The zero-order valence-corrected chi connectivity index (χ0v) is 14.6. The molecule has 1 aliphatic heterocycles. The number of ether oxygens (including phenoxy) is 2. The van der Waals surface area contributed by atoms with Crippen LogP contribution >= 0.6 is 24.0 Å². The molecule has 0 saturated carbocycles. The molecule has 1 aromatic rings. The minimum absolute atomic E-state index is 0.222. The highest BCUT2D eigenvalue weighted by Gasteiger charge is 2.23. The molecule has 2 rings (SSSR count). The Labute approximate surface area is 148 Å². The summed E-state index contributed by atoms with van der Waals surface area (Å²) in [6, 6.07) is 5.03. The van der Waals surface area contributed by atoms with Gasteiger partial charge in [0.2, 0.25) is 0 Å². The Morgan fingerprint density at radius 3 is 2.79 bits per heavy atom. The second kappa shape index (κ2) is 7.98. The Morgan fingerprint density at radius 1 is 1.46 bits per heavy atom. The van der Waals surface area contributed by atoms with Gasteiger partial charge in [0.05, 0.1) is 12.0 Å². The van der Waals surface area contributed by atoms with Crippen molar-refractivity contribution < 1.29 is 24.2 Å². The Bertz CT molecular complexity index is 755. The monoisotopic (exact) mass is 365 g/mol. The van der Waals surface area contributed by atoms with E-state index in [1.165, 1.54) is 18.9 Å². The van der Waals surface area contributed by atoms with E-state index in [2.05, 4.69) is 5.32 Å². The molecule has 0 atom stereocenters. The summed E-state index contributed by atoms with van der Waals surface area (Å²) in [6.45, 7) is 1.35. The summed E-state index contributed by atoms with van der Waals surface area (Å²) < 4.78 is 10.9. The lowest BCUT2D eigenvalue weighted by Gasteiger charge is -2.09. The first-order valence-corrected chi connectivity index (χ1v) is 8.08. The van der Waals surface area contributed by atoms with Gasteiger partial charge in [0.1, 0.15) is 15.8 Å². The molecular formula is C16H15NO5S2. The van der Waals surface area contributed by atoms with Crippen LogP contribution in [-0.2, 0) is 9.59 Å². The third-order valence-corrected chi connectivity index (χ3v) is 4.41. The van der Waals surface area contributed by atoms with Crippen LogP contribution in [0, 0.1) is 0 Å². The minimum Gasteiger partial charge on any atom is -0.497 e. The van der Waals surface area contributed by atoms with Crippen LogP contribution in [0.5, 0.6) is 11.5 Å². The molecule has 126 valence electrons. The molecule has 1 fully saturated rings. The molecule has 0 aromatic heterocycles. The third-order valence-electron chi connectivity index (χ3n) is 3.06. The number of carbonyl (C=O) groups excluding carboxylic acids is 1. The van der Waals surface area contributed by atoms with Crippen molar-refractivity contribution >= 4 is 46.3 Å². The van der Waals surface area contributed by atoms with Crippen LogP contribution < -0.4 is 14.8 Å². The van der Waals surface area contributed by atoms with Crippen LogP contribution in [-0.4, -0.2) is 35.0 Å². The van der Waals surface area contributed by atoms with Gasteiger partial charge in [-0.05, 0) is 30.7 Å². The number of carboxylic acid groups (broad SMARTS) is 1. The number of aliphatic carboxylic acids is 1. The van der Waals surface area contributed by atoms with Crippen molar-refractivity contribution in [3.63, 3.8) is 0 Å². The smallest absolute Gasteiger partial charge is 0.341 e. The summed E-state index contributed by atoms with van der Waals surface area (Å²) in [6.07, 6.45) is 3.48. The number of thiocarbonyl (C=S) groups is 1. The van der Waals surface area contributed by atoms with E-state index >= 15 is 0 Å². The average molecular weight is 365 g/mol. The SMILES string of the molecule is COc1ccc(OCC(=O)O)c(C=CC(C)=C2SC(=S)NC2=O)c1. The van der Waals surface area contributed by atoms with E-state index in [-0.39, 0.29) is 5.91 Å². The van der Waals surface area contributed by atoms with E-state index in [1.807, 2.05) is 0 Å². The Balaban J connectivity index is 2.29. The van der Waals surface area contributed by atoms with Gasteiger partial charge in [-0.15, -0.1) is 0 Å². The average Bonchev–Trinajstić information content (AvgIpc) is 2.89. The number of allylic oxidation sites excluding steroid dienone is 2. The molecule has 0 bridgehead atoms. The molecule has 8 heteroatoms. The van der Waals surface area contributed by atoms with Crippen LogP contribution in [0.3, 0.4) is 0 Å². The molecule has 1 saturated heterocycles. The van der Waals surface area contributed by atoms with E-state index in [9.17, 15) is 9.59 Å². The fraction of sp³-hybridized carbons (Fsp3) is 0.188. The van der Waals surface area contributed by atoms with E-state index in [0.717, 1.165) is 5.57 Å². The predicted molar refractivity (Wildman–Crippen MR) is 96.2 cm³/mol. The number of carbonyl (C=O) groups is 2. The van der Waals surface area contributed by atoms with Crippen LogP contribution in [0.2, 0.25) is 0 Å². The number of hydrogen-bond donors (Lipinski definition) is 2. The molecular weight excluding hydrogens is 350 g/mol. The van der Waals surface area contributed by atoms with Gasteiger partial charge in [0.15, 0.2) is 6.61 Å². The Hall–Kier alpha value is -2.32. The molecule has 6 nitrogen and oxygen atoms in total. The molecule has 24 heavy (non-hydrogen) atoms. The molecule has 0 unspecified atom stereocenters. The normalized spacial score (nSPS) is 16.2. The van der Waals surface area contributed by atoms with E-state index in [1.54, 1.807) is 37.3 Å². The van der Waals surface area contributed by atoms with Gasteiger partial charge in [-0.25, -0.2) is 4.79 Å². The number of nitrogens with one attached hydrogen (secondary N) is 1. The van der Waals surface area contributed by atoms with Crippen LogP contribution in [0.25, 0.3) is 6.08 Å². The molecule has 0 radical (unpaired) electrons. The molecule has 2 N–H and O–H groups in total. The van der Waals surface area contributed by atoms with Gasteiger partial charge in [0, 0.05) is 5.56 Å². The first-order valence-electron chi connectivity index (χ1n) is 6.85. The summed E-state index contributed by atoms with van der Waals surface area (Å²) in [7, 11) is 1.54.